The van der Waals surface area contributed by atoms with Crippen LogP contribution in [0, 0.1) is 0 Å². The first-order valence-corrected chi connectivity index (χ1v) is 11.7. The number of hydrogen-bond acceptors (Lipinski definition) is 5. The molecule has 2 fully saturated rings. The van der Waals surface area contributed by atoms with Crippen molar-refractivity contribution in [1.82, 2.24) is 10.2 Å². The standard InChI is InChI=1S/C26H28N2O6/c29-23(30)14-17-6-5-12-28(17)24(31)26(11-13-33-16-26)27-25(32)34-15-22-20-9-3-1-7-18(20)19-8-2-4-10-21(19)22/h1-4,7-10,17,22H,5-6,11-16H2,(H,27,32)(H,29,30)/t17-,26?/m0/s1. The number of amides is 2. The lowest BCUT2D eigenvalue weighted by Crippen LogP contribution is -2.61. The van der Waals surface area contributed by atoms with Gasteiger partial charge in [0, 0.05) is 31.5 Å². The summed E-state index contributed by atoms with van der Waals surface area (Å²) in [6.07, 6.45) is 0.931. The smallest absolute Gasteiger partial charge is 0.408 e. The van der Waals surface area contributed by atoms with Crippen LogP contribution in [0.3, 0.4) is 0 Å². The number of ether oxygens (including phenoxy) is 2. The van der Waals surface area contributed by atoms with Crippen LogP contribution in [0.15, 0.2) is 48.5 Å². The van der Waals surface area contributed by atoms with Crippen LogP contribution in [-0.4, -0.2) is 65.9 Å². The maximum atomic E-state index is 13.5. The van der Waals surface area contributed by atoms with E-state index in [-0.39, 0.29) is 37.5 Å². The van der Waals surface area contributed by atoms with Gasteiger partial charge in [-0.2, -0.15) is 0 Å². The van der Waals surface area contributed by atoms with Crippen LogP contribution in [0.5, 0.6) is 0 Å². The van der Waals surface area contributed by atoms with Gasteiger partial charge in [-0.25, -0.2) is 4.79 Å². The fraction of sp³-hybridized carbons (Fsp3) is 0.423. The lowest BCUT2D eigenvalue weighted by molar-refractivity contribution is -0.142. The Morgan fingerprint density at radius 1 is 1.09 bits per heavy atom. The molecule has 0 spiro atoms. The number of hydrogen-bond donors (Lipinski definition) is 2. The normalized spacial score (nSPS) is 23.4. The number of alkyl carbamates (subject to hydrolysis) is 1. The first kappa shape index (κ1) is 22.4. The summed E-state index contributed by atoms with van der Waals surface area (Å²) in [5, 5.41) is 12.0. The molecule has 0 bridgehead atoms. The van der Waals surface area contributed by atoms with Gasteiger partial charge in [0.2, 0.25) is 0 Å². The topological polar surface area (TPSA) is 105 Å². The molecule has 1 unspecified atom stereocenters. The molecule has 34 heavy (non-hydrogen) atoms. The van der Waals surface area contributed by atoms with E-state index in [1.54, 1.807) is 4.90 Å². The molecule has 178 valence electrons. The van der Waals surface area contributed by atoms with Crippen molar-refractivity contribution in [1.29, 1.82) is 0 Å². The molecule has 3 aliphatic rings. The van der Waals surface area contributed by atoms with Gasteiger partial charge in [0.1, 0.15) is 12.1 Å². The molecule has 2 atom stereocenters. The van der Waals surface area contributed by atoms with Crippen LogP contribution in [0.4, 0.5) is 4.79 Å². The number of carboxylic acid groups (broad SMARTS) is 1. The summed E-state index contributed by atoms with van der Waals surface area (Å²) in [4.78, 5) is 39.2. The minimum Gasteiger partial charge on any atom is -0.481 e. The van der Waals surface area contributed by atoms with Gasteiger partial charge in [-0.1, -0.05) is 48.5 Å². The van der Waals surface area contributed by atoms with Crippen LogP contribution < -0.4 is 5.32 Å². The van der Waals surface area contributed by atoms with Gasteiger partial charge in [0.25, 0.3) is 5.91 Å². The van der Waals surface area contributed by atoms with Crippen LogP contribution in [0.25, 0.3) is 11.1 Å². The highest BCUT2D eigenvalue weighted by molar-refractivity contribution is 5.91. The van der Waals surface area contributed by atoms with E-state index < -0.39 is 17.6 Å². The number of nitrogens with zero attached hydrogens (tertiary/aromatic N) is 1. The van der Waals surface area contributed by atoms with E-state index in [2.05, 4.69) is 17.4 Å². The SMILES string of the molecule is O=C(O)C[C@@H]1CCCN1C(=O)C1(NC(=O)OCC2c3ccccc3-c3ccccc32)CCOC1. The largest absolute Gasteiger partial charge is 0.481 e. The summed E-state index contributed by atoms with van der Waals surface area (Å²) >= 11 is 0. The molecule has 0 aromatic heterocycles. The van der Waals surface area contributed by atoms with E-state index >= 15 is 0 Å². The molecule has 2 aromatic rings. The molecule has 2 saturated heterocycles. The van der Waals surface area contributed by atoms with Gasteiger partial charge in [-0.3, -0.25) is 9.59 Å². The second kappa shape index (κ2) is 9.10. The fourth-order valence-corrected chi connectivity index (χ4v) is 5.51. The monoisotopic (exact) mass is 464 g/mol. The van der Waals surface area contributed by atoms with Crippen LogP contribution in [0.2, 0.25) is 0 Å². The second-order valence-electron chi connectivity index (χ2n) is 9.23. The molecular formula is C26H28N2O6. The molecule has 8 heteroatoms. The Morgan fingerprint density at radius 3 is 2.38 bits per heavy atom. The number of carbonyl (C=O) groups is 3. The molecule has 0 saturated carbocycles. The van der Waals surface area contributed by atoms with E-state index in [0.29, 0.717) is 26.0 Å². The molecule has 2 aliphatic heterocycles. The summed E-state index contributed by atoms with van der Waals surface area (Å²) in [5.41, 5.74) is 3.27. The highest BCUT2D eigenvalue weighted by Crippen LogP contribution is 2.44. The van der Waals surface area contributed by atoms with Crippen molar-refractivity contribution in [3.8, 4) is 11.1 Å². The zero-order chi connectivity index (χ0) is 23.7. The van der Waals surface area contributed by atoms with Crippen molar-refractivity contribution in [2.45, 2.75) is 43.2 Å². The summed E-state index contributed by atoms with van der Waals surface area (Å²) in [7, 11) is 0. The number of aliphatic carboxylic acids is 1. The second-order valence-corrected chi connectivity index (χ2v) is 9.23. The van der Waals surface area contributed by atoms with Crippen molar-refractivity contribution >= 4 is 18.0 Å². The first-order chi connectivity index (χ1) is 16.5. The number of carboxylic acids is 1. The molecular weight excluding hydrogens is 436 g/mol. The highest BCUT2D eigenvalue weighted by Gasteiger charge is 2.49. The zero-order valence-electron chi connectivity index (χ0n) is 18.9. The van der Waals surface area contributed by atoms with Crippen molar-refractivity contribution in [2.24, 2.45) is 0 Å². The highest BCUT2D eigenvalue weighted by atomic mass is 16.6. The first-order valence-electron chi connectivity index (χ1n) is 11.7. The van der Waals surface area contributed by atoms with Gasteiger partial charge in [-0.05, 0) is 35.1 Å². The van der Waals surface area contributed by atoms with Crippen molar-refractivity contribution < 1.29 is 29.0 Å². The van der Waals surface area contributed by atoms with E-state index in [4.69, 9.17) is 9.47 Å². The molecule has 5 rings (SSSR count). The Bertz CT molecular complexity index is 1060. The number of nitrogens with one attached hydrogen (secondary N) is 1. The Balaban J connectivity index is 1.29. The van der Waals surface area contributed by atoms with Gasteiger partial charge in [0.05, 0.1) is 13.0 Å². The quantitative estimate of drug-likeness (QED) is 0.681. The summed E-state index contributed by atoms with van der Waals surface area (Å²) in [6.45, 7) is 1.01. The molecule has 0 radical (unpaired) electrons. The fourth-order valence-electron chi connectivity index (χ4n) is 5.51. The molecule has 1 aliphatic carbocycles. The van der Waals surface area contributed by atoms with E-state index in [1.165, 1.54) is 0 Å². The van der Waals surface area contributed by atoms with Crippen molar-refractivity contribution in [3.63, 3.8) is 0 Å². The minimum absolute atomic E-state index is 0.0479. The van der Waals surface area contributed by atoms with Gasteiger partial charge >= 0.3 is 12.1 Å². The third-order valence-electron chi connectivity index (χ3n) is 7.16. The van der Waals surface area contributed by atoms with Crippen LogP contribution in [-0.2, 0) is 19.1 Å². The maximum Gasteiger partial charge on any atom is 0.408 e. The van der Waals surface area contributed by atoms with E-state index in [1.807, 2.05) is 36.4 Å². The number of carbonyl (C=O) groups excluding carboxylic acids is 2. The van der Waals surface area contributed by atoms with Crippen molar-refractivity contribution in [2.75, 3.05) is 26.4 Å². The Hall–Kier alpha value is -3.39. The third-order valence-corrected chi connectivity index (χ3v) is 7.16. The van der Waals surface area contributed by atoms with Gasteiger partial charge in [-0.15, -0.1) is 0 Å². The maximum absolute atomic E-state index is 13.5. The zero-order valence-corrected chi connectivity index (χ0v) is 18.9. The summed E-state index contributed by atoms with van der Waals surface area (Å²) in [5.74, 6) is -1.31. The molecule has 2 heterocycles. The van der Waals surface area contributed by atoms with E-state index in [0.717, 1.165) is 28.7 Å². The lowest BCUT2D eigenvalue weighted by atomic mass is 9.96. The average Bonchev–Trinajstić information content (AvgIpc) is 3.55. The van der Waals surface area contributed by atoms with Gasteiger partial charge in [0.15, 0.2) is 0 Å². The molecule has 2 N–H and O–H groups in total. The van der Waals surface area contributed by atoms with Gasteiger partial charge < -0.3 is 24.8 Å². The third kappa shape index (κ3) is 4.03. The predicted octanol–water partition coefficient (Wildman–Crippen LogP) is 3.15. The average molecular weight is 465 g/mol. The lowest BCUT2D eigenvalue weighted by Gasteiger charge is -2.34. The number of rotatable bonds is 6. The Labute approximate surface area is 197 Å². The van der Waals surface area contributed by atoms with Crippen LogP contribution in [0.1, 0.15) is 42.7 Å². The Kier molecular flexibility index (Phi) is 6.00. The molecule has 8 nitrogen and oxygen atoms in total. The number of fused-ring (bicyclic) bond motifs is 3. The minimum atomic E-state index is -1.23. The molecule has 2 amide bonds. The number of benzene rings is 2. The number of likely N-dealkylation sites (tertiary alicyclic amines) is 1. The van der Waals surface area contributed by atoms with E-state index in [9.17, 15) is 19.5 Å². The Morgan fingerprint density at radius 2 is 1.76 bits per heavy atom. The molecule has 2 aromatic carbocycles. The summed E-state index contributed by atoms with van der Waals surface area (Å²) in [6, 6.07) is 15.8. The predicted molar refractivity (Wildman–Crippen MR) is 123 cm³/mol. The summed E-state index contributed by atoms with van der Waals surface area (Å²) < 4.78 is 11.2. The van der Waals surface area contributed by atoms with Crippen LogP contribution >= 0.6 is 0 Å². The van der Waals surface area contributed by atoms with Crippen molar-refractivity contribution in [3.05, 3.63) is 59.7 Å².